The Labute approximate surface area is 144 Å². The van der Waals surface area contributed by atoms with Crippen LogP contribution in [0, 0.1) is 25.4 Å². The van der Waals surface area contributed by atoms with Gasteiger partial charge in [0.2, 0.25) is 5.52 Å². The summed E-state index contributed by atoms with van der Waals surface area (Å²) in [6.07, 6.45) is 0. The van der Waals surface area contributed by atoms with Gasteiger partial charge in [0.15, 0.2) is 0 Å². The van der Waals surface area contributed by atoms with Crippen molar-refractivity contribution in [1.82, 2.24) is 9.90 Å². The van der Waals surface area contributed by atoms with Crippen LogP contribution >= 0.6 is 0 Å². The number of fused-ring (bicyclic) bond motifs is 2. The summed E-state index contributed by atoms with van der Waals surface area (Å²) in [6.45, 7) is 0. The molecule has 4 rings (SSSR count). The topological polar surface area (TPSA) is 131 Å². The highest BCUT2D eigenvalue weighted by Crippen LogP contribution is 2.29. The van der Waals surface area contributed by atoms with E-state index in [2.05, 4.69) is 5.10 Å². The second-order valence-electron chi connectivity index (χ2n) is 5.51. The van der Waals surface area contributed by atoms with Crippen LogP contribution in [-0.4, -0.2) is 19.7 Å². The second kappa shape index (κ2) is 5.48. The molecule has 10 nitrogen and oxygen atoms in total. The van der Waals surface area contributed by atoms with Crippen LogP contribution in [0.25, 0.3) is 27.5 Å². The average Bonchev–Trinajstić information content (AvgIpc) is 2.97. The van der Waals surface area contributed by atoms with Gasteiger partial charge in [-0.1, -0.05) is 36.4 Å². The molecule has 26 heavy (non-hydrogen) atoms. The van der Waals surface area contributed by atoms with Crippen LogP contribution in [0.5, 0.6) is 0 Å². The van der Waals surface area contributed by atoms with Gasteiger partial charge in [0.1, 0.15) is 5.69 Å². The maximum atomic E-state index is 12.7. The summed E-state index contributed by atoms with van der Waals surface area (Å²) in [5.41, 5.74) is -1.21. The number of nitro benzene ring substituents is 2. The van der Waals surface area contributed by atoms with Crippen LogP contribution in [0.1, 0.15) is 0 Å². The Morgan fingerprint density at radius 2 is 1.69 bits per heavy atom. The van der Waals surface area contributed by atoms with Crippen molar-refractivity contribution in [3.63, 3.8) is 0 Å². The quantitative estimate of drug-likeness (QED) is 0.241. The van der Waals surface area contributed by atoms with Crippen molar-refractivity contribution >= 4 is 33.2 Å². The summed E-state index contributed by atoms with van der Waals surface area (Å²) < 4.78 is 0. The van der Waals surface area contributed by atoms with Crippen LogP contribution in [0.4, 0.5) is 11.4 Å². The molecule has 0 aliphatic rings. The number of rotatable bonds is 3. The lowest BCUT2D eigenvalue weighted by atomic mass is 10.1. The summed E-state index contributed by atoms with van der Waals surface area (Å²) in [7, 11) is 0. The fourth-order valence-corrected chi connectivity index (χ4v) is 2.85. The number of benzene rings is 3. The zero-order valence-corrected chi connectivity index (χ0v) is 13.0. The molecular weight excluding hydrogens is 342 g/mol. The minimum absolute atomic E-state index is 0.219. The van der Waals surface area contributed by atoms with E-state index in [1.165, 1.54) is 0 Å². The van der Waals surface area contributed by atoms with Crippen LogP contribution in [-0.2, 0) is 0 Å². The largest absolute Gasteiger partial charge is 0.692 e. The molecule has 0 aliphatic heterocycles. The summed E-state index contributed by atoms with van der Waals surface area (Å²) in [6, 6.07) is 14.3. The molecular formula is C16H9N5O5. The maximum absolute atomic E-state index is 12.7. The molecule has 0 amide bonds. The monoisotopic (exact) mass is 351 g/mol. The highest BCUT2D eigenvalue weighted by Gasteiger charge is 2.30. The summed E-state index contributed by atoms with van der Waals surface area (Å²) in [5.74, 6) is 0. The molecule has 10 heteroatoms. The Kier molecular flexibility index (Phi) is 3.26. The Hall–Kier alpha value is -4.08. The van der Waals surface area contributed by atoms with Gasteiger partial charge in [0.05, 0.1) is 27.1 Å². The molecule has 0 aliphatic carbocycles. The molecule has 0 saturated heterocycles. The zero-order chi connectivity index (χ0) is 18.4. The van der Waals surface area contributed by atoms with Crippen LogP contribution < -0.4 is 4.85 Å². The molecule has 0 fully saturated rings. The van der Waals surface area contributed by atoms with Crippen molar-refractivity contribution in [3.05, 3.63) is 80.0 Å². The fraction of sp³-hybridized carbons (Fsp3) is 0. The van der Waals surface area contributed by atoms with Gasteiger partial charge in [-0.15, -0.1) is 4.85 Å². The third kappa shape index (κ3) is 2.20. The Balaban J connectivity index is 2.09. The second-order valence-corrected chi connectivity index (χ2v) is 5.51. The molecule has 0 bridgehead atoms. The van der Waals surface area contributed by atoms with Crippen LogP contribution in [0.2, 0.25) is 0 Å². The lowest BCUT2D eigenvalue weighted by molar-refractivity contribution is -0.664. The number of aromatic nitrogens is 3. The first-order valence-corrected chi connectivity index (χ1v) is 7.41. The molecule has 0 radical (unpaired) electrons. The van der Waals surface area contributed by atoms with Crippen molar-refractivity contribution in [2.45, 2.75) is 0 Å². The molecule has 4 aromatic rings. The van der Waals surface area contributed by atoms with Crippen LogP contribution in [0.3, 0.4) is 0 Å². The van der Waals surface area contributed by atoms with E-state index in [1.807, 2.05) is 18.2 Å². The van der Waals surface area contributed by atoms with E-state index in [0.717, 1.165) is 22.3 Å². The number of hydrogen-bond acceptors (Lipinski definition) is 6. The Bertz CT molecular complexity index is 1210. The van der Waals surface area contributed by atoms with Gasteiger partial charge in [-0.3, -0.25) is 20.2 Å². The predicted molar refractivity (Wildman–Crippen MR) is 90.8 cm³/mol. The van der Waals surface area contributed by atoms with E-state index in [-0.39, 0.29) is 11.0 Å². The van der Waals surface area contributed by atoms with Crippen molar-refractivity contribution in [3.8, 4) is 5.69 Å². The summed E-state index contributed by atoms with van der Waals surface area (Å²) >= 11 is 0. The Morgan fingerprint density at radius 3 is 2.42 bits per heavy atom. The zero-order valence-electron chi connectivity index (χ0n) is 13.0. The standard InChI is InChI=1S/C16H9N5O5/c22-19-14-8-11(20(23)24)9-15(21(25)26)16(14)17-18(19)13-7-3-5-10-4-1-2-6-12(10)13/h1-9H. The minimum atomic E-state index is -0.796. The SMILES string of the molecule is O=[N+]([O-])c1cc([N+](=O)[O-])c2nn(-c3cccc4ccccc34)[n+]([O-])c2c1. The summed E-state index contributed by atoms with van der Waals surface area (Å²) in [5, 5.41) is 40.6. The maximum Gasteiger partial charge on any atom is 0.334 e. The van der Waals surface area contributed by atoms with Gasteiger partial charge in [-0.25, -0.2) is 0 Å². The van der Waals surface area contributed by atoms with Crippen molar-refractivity contribution in [2.75, 3.05) is 0 Å². The van der Waals surface area contributed by atoms with Crippen molar-refractivity contribution in [1.29, 1.82) is 0 Å². The fourth-order valence-electron chi connectivity index (χ4n) is 2.85. The highest BCUT2D eigenvalue weighted by molar-refractivity contribution is 5.90. The number of hydrogen-bond donors (Lipinski definition) is 0. The van der Waals surface area contributed by atoms with Crippen molar-refractivity contribution in [2.24, 2.45) is 0 Å². The Morgan fingerprint density at radius 1 is 0.962 bits per heavy atom. The number of nitro groups is 2. The molecule has 1 aromatic heterocycles. The summed E-state index contributed by atoms with van der Waals surface area (Å²) in [4.78, 5) is 22.0. The van der Waals surface area contributed by atoms with Gasteiger partial charge >= 0.3 is 11.2 Å². The molecule has 0 N–H and O–H groups in total. The smallest absolute Gasteiger partial charge is 0.334 e. The number of non-ortho nitro benzene ring substituents is 2. The predicted octanol–water partition coefficient (Wildman–Crippen LogP) is 2.63. The first-order chi connectivity index (χ1) is 12.5. The van der Waals surface area contributed by atoms with Gasteiger partial charge in [0.25, 0.3) is 5.69 Å². The minimum Gasteiger partial charge on any atom is -0.692 e. The number of nitrogens with zero attached hydrogens (tertiary/aromatic N) is 5. The van der Waals surface area contributed by atoms with E-state index in [4.69, 9.17) is 0 Å². The molecule has 0 atom stereocenters. The van der Waals surface area contributed by atoms with Crippen LogP contribution in [0.15, 0.2) is 54.6 Å². The molecule has 0 spiro atoms. The molecule has 3 aromatic carbocycles. The van der Waals surface area contributed by atoms with E-state index >= 15 is 0 Å². The van der Waals surface area contributed by atoms with Gasteiger partial charge in [-0.05, 0) is 16.2 Å². The third-order valence-corrected chi connectivity index (χ3v) is 4.02. The molecule has 0 unspecified atom stereocenters. The van der Waals surface area contributed by atoms with E-state index in [0.29, 0.717) is 15.9 Å². The lowest BCUT2D eigenvalue weighted by Crippen LogP contribution is -2.37. The normalized spacial score (nSPS) is 11.1. The first kappa shape index (κ1) is 15.4. The molecule has 1 heterocycles. The average molecular weight is 351 g/mol. The third-order valence-electron chi connectivity index (χ3n) is 4.02. The van der Waals surface area contributed by atoms with E-state index in [1.54, 1.807) is 24.3 Å². The van der Waals surface area contributed by atoms with Gasteiger partial charge in [-0.2, -0.15) is 0 Å². The van der Waals surface area contributed by atoms with Crippen molar-refractivity contribution < 1.29 is 14.7 Å². The van der Waals surface area contributed by atoms with E-state index in [9.17, 15) is 25.4 Å². The van der Waals surface area contributed by atoms with E-state index < -0.39 is 21.2 Å². The first-order valence-electron chi connectivity index (χ1n) is 7.41. The lowest BCUT2D eigenvalue weighted by Gasteiger charge is -2.06. The molecule has 0 saturated carbocycles. The molecule has 128 valence electrons. The highest BCUT2D eigenvalue weighted by atomic mass is 16.6. The van der Waals surface area contributed by atoms with Gasteiger partial charge < -0.3 is 5.21 Å². The van der Waals surface area contributed by atoms with Gasteiger partial charge in [0, 0.05) is 5.39 Å².